The summed E-state index contributed by atoms with van der Waals surface area (Å²) in [5.74, 6) is -0.429. The van der Waals surface area contributed by atoms with Crippen molar-refractivity contribution in [2.75, 3.05) is 25.9 Å². The Balaban J connectivity index is 2.77. The van der Waals surface area contributed by atoms with E-state index < -0.39 is 0 Å². The van der Waals surface area contributed by atoms with Crippen LogP contribution >= 0.6 is 0 Å². The van der Waals surface area contributed by atoms with E-state index >= 15 is 0 Å². The zero-order chi connectivity index (χ0) is 12.8. The number of halogens is 1. The van der Waals surface area contributed by atoms with Gasteiger partial charge in [-0.2, -0.15) is 0 Å². The van der Waals surface area contributed by atoms with E-state index in [4.69, 9.17) is 5.73 Å². The maximum Gasteiger partial charge on any atom is 0.233 e. The summed E-state index contributed by atoms with van der Waals surface area (Å²) < 4.78 is 13.6. The summed E-state index contributed by atoms with van der Waals surface area (Å²) in [5.41, 5.74) is 6.58. The number of nitrogens with zero attached hydrogens (tertiary/aromatic N) is 1. The summed E-state index contributed by atoms with van der Waals surface area (Å²) >= 11 is 0. The predicted octanol–water partition coefficient (Wildman–Crippen LogP) is 0.976. The quantitative estimate of drug-likeness (QED) is 0.753. The van der Waals surface area contributed by atoms with Gasteiger partial charge in [-0.05, 0) is 18.7 Å². The summed E-state index contributed by atoms with van der Waals surface area (Å²) in [4.78, 5) is 13.1. The average Bonchev–Trinajstić information content (AvgIpc) is 2.32. The molecule has 0 aliphatic carbocycles. The molecule has 3 N–H and O–H groups in total. The third-order valence-electron chi connectivity index (χ3n) is 2.63. The average molecular weight is 239 g/mol. The fraction of sp³-hybridized carbons (Fsp3) is 0.417. The van der Waals surface area contributed by atoms with Gasteiger partial charge in [0.2, 0.25) is 5.91 Å². The number of nitrogens with two attached hydrogens (primary N) is 1. The second kappa shape index (κ2) is 6.20. The van der Waals surface area contributed by atoms with Gasteiger partial charge in [0.25, 0.3) is 0 Å². The van der Waals surface area contributed by atoms with E-state index in [1.165, 1.54) is 6.07 Å². The fourth-order valence-electron chi connectivity index (χ4n) is 1.53. The van der Waals surface area contributed by atoms with Crippen LogP contribution in [0.3, 0.4) is 0 Å². The Morgan fingerprint density at radius 3 is 2.76 bits per heavy atom. The Morgan fingerprint density at radius 1 is 1.53 bits per heavy atom. The lowest BCUT2D eigenvalue weighted by Gasteiger charge is -2.20. The molecule has 0 atom stereocenters. The highest BCUT2D eigenvalue weighted by Gasteiger charge is 2.13. The molecule has 17 heavy (non-hydrogen) atoms. The van der Waals surface area contributed by atoms with E-state index in [1.807, 2.05) is 11.8 Å². The van der Waals surface area contributed by atoms with Gasteiger partial charge in [0.15, 0.2) is 0 Å². The summed E-state index contributed by atoms with van der Waals surface area (Å²) in [7, 11) is 1.58. The highest BCUT2D eigenvalue weighted by Crippen LogP contribution is 2.17. The smallest absolute Gasteiger partial charge is 0.233 e. The molecule has 0 fully saturated rings. The van der Waals surface area contributed by atoms with Crippen molar-refractivity contribution < 1.29 is 9.18 Å². The van der Waals surface area contributed by atoms with Crippen molar-refractivity contribution in [3.05, 3.63) is 29.6 Å². The SMILES string of the molecule is CCN(CC(=O)NC)Cc1c(N)cccc1F. The van der Waals surface area contributed by atoms with Crippen LogP contribution < -0.4 is 11.1 Å². The van der Waals surface area contributed by atoms with Gasteiger partial charge in [0, 0.05) is 24.8 Å². The van der Waals surface area contributed by atoms with Crippen LogP contribution in [0, 0.1) is 5.82 Å². The molecule has 94 valence electrons. The first-order valence-electron chi connectivity index (χ1n) is 5.54. The largest absolute Gasteiger partial charge is 0.398 e. The summed E-state index contributed by atoms with van der Waals surface area (Å²) in [5, 5.41) is 2.54. The van der Waals surface area contributed by atoms with Crippen molar-refractivity contribution in [1.29, 1.82) is 0 Å². The van der Waals surface area contributed by atoms with Gasteiger partial charge < -0.3 is 11.1 Å². The molecule has 0 spiro atoms. The first kappa shape index (κ1) is 13.4. The Kier molecular flexibility index (Phi) is 4.90. The van der Waals surface area contributed by atoms with Crippen molar-refractivity contribution >= 4 is 11.6 Å². The van der Waals surface area contributed by atoms with E-state index in [2.05, 4.69) is 5.32 Å². The summed E-state index contributed by atoms with van der Waals surface area (Å²) in [6.07, 6.45) is 0. The number of anilines is 1. The van der Waals surface area contributed by atoms with Crippen molar-refractivity contribution in [2.45, 2.75) is 13.5 Å². The van der Waals surface area contributed by atoms with Crippen LogP contribution in [0.5, 0.6) is 0 Å². The van der Waals surface area contributed by atoms with Gasteiger partial charge >= 0.3 is 0 Å². The molecular formula is C12H18FN3O. The summed E-state index contributed by atoms with van der Waals surface area (Å²) in [6.45, 7) is 3.14. The highest BCUT2D eigenvalue weighted by atomic mass is 19.1. The molecule has 1 amide bonds. The third kappa shape index (κ3) is 3.71. The highest BCUT2D eigenvalue weighted by molar-refractivity contribution is 5.77. The van der Waals surface area contributed by atoms with Crippen molar-refractivity contribution in [3.8, 4) is 0 Å². The van der Waals surface area contributed by atoms with Gasteiger partial charge in [-0.3, -0.25) is 9.69 Å². The molecule has 0 radical (unpaired) electrons. The topological polar surface area (TPSA) is 58.4 Å². The second-order valence-corrected chi connectivity index (χ2v) is 3.78. The number of carbonyl (C=O) groups is 1. The van der Waals surface area contributed by atoms with Gasteiger partial charge in [-0.25, -0.2) is 4.39 Å². The molecule has 4 nitrogen and oxygen atoms in total. The van der Waals surface area contributed by atoms with E-state index in [9.17, 15) is 9.18 Å². The van der Waals surface area contributed by atoms with E-state index in [0.29, 0.717) is 24.3 Å². The van der Waals surface area contributed by atoms with E-state index in [0.717, 1.165) is 0 Å². The van der Waals surface area contributed by atoms with Gasteiger partial charge in [0.05, 0.1) is 6.54 Å². The normalized spacial score (nSPS) is 10.6. The van der Waals surface area contributed by atoms with Crippen LogP contribution in [0.1, 0.15) is 12.5 Å². The first-order valence-corrected chi connectivity index (χ1v) is 5.54. The van der Waals surface area contributed by atoms with Crippen LogP contribution in [0.25, 0.3) is 0 Å². The summed E-state index contributed by atoms with van der Waals surface area (Å²) in [6, 6.07) is 4.61. The number of rotatable bonds is 5. The minimum absolute atomic E-state index is 0.0956. The molecule has 1 aromatic carbocycles. The molecule has 1 rings (SSSR count). The predicted molar refractivity (Wildman–Crippen MR) is 65.8 cm³/mol. The molecule has 0 unspecified atom stereocenters. The molecule has 0 aliphatic heterocycles. The van der Waals surface area contributed by atoms with Gasteiger partial charge in [-0.15, -0.1) is 0 Å². The maximum atomic E-state index is 13.6. The number of hydrogen-bond donors (Lipinski definition) is 2. The molecule has 5 heteroatoms. The van der Waals surface area contributed by atoms with E-state index in [1.54, 1.807) is 19.2 Å². The third-order valence-corrected chi connectivity index (χ3v) is 2.63. The van der Waals surface area contributed by atoms with Gasteiger partial charge in [0.1, 0.15) is 5.82 Å². The minimum atomic E-state index is -0.333. The van der Waals surface area contributed by atoms with Crippen molar-refractivity contribution in [1.82, 2.24) is 10.2 Å². The second-order valence-electron chi connectivity index (χ2n) is 3.78. The zero-order valence-corrected chi connectivity index (χ0v) is 10.2. The maximum absolute atomic E-state index is 13.6. The van der Waals surface area contributed by atoms with Crippen LogP contribution in [-0.4, -0.2) is 30.9 Å². The van der Waals surface area contributed by atoms with Crippen molar-refractivity contribution in [2.24, 2.45) is 0 Å². The molecule has 0 heterocycles. The van der Waals surface area contributed by atoms with Crippen LogP contribution in [0.4, 0.5) is 10.1 Å². The Morgan fingerprint density at radius 2 is 2.24 bits per heavy atom. The Labute approximate surface area is 101 Å². The van der Waals surface area contributed by atoms with Crippen molar-refractivity contribution in [3.63, 3.8) is 0 Å². The molecule has 1 aromatic rings. The lowest BCUT2D eigenvalue weighted by Crippen LogP contribution is -2.35. The Bertz CT molecular complexity index is 375. The number of hydrogen-bond acceptors (Lipinski definition) is 3. The van der Waals surface area contributed by atoms with Gasteiger partial charge in [-0.1, -0.05) is 13.0 Å². The molecular weight excluding hydrogens is 221 g/mol. The number of nitrogen functional groups attached to an aromatic ring is 1. The van der Waals surface area contributed by atoms with Crippen LogP contribution in [0.2, 0.25) is 0 Å². The first-order chi connectivity index (χ1) is 8.08. The number of amides is 1. The lowest BCUT2D eigenvalue weighted by atomic mass is 10.1. The standard InChI is InChI=1S/C12H18FN3O/c1-3-16(8-12(17)15-2)7-9-10(13)5-4-6-11(9)14/h4-6H,3,7-8,14H2,1-2H3,(H,15,17). The zero-order valence-electron chi connectivity index (χ0n) is 10.2. The minimum Gasteiger partial charge on any atom is -0.398 e. The fourth-order valence-corrected chi connectivity index (χ4v) is 1.53. The van der Waals surface area contributed by atoms with Crippen LogP contribution in [-0.2, 0) is 11.3 Å². The molecule has 0 bridgehead atoms. The monoisotopic (exact) mass is 239 g/mol. The molecule has 0 saturated heterocycles. The van der Waals surface area contributed by atoms with Crippen LogP contribution in [0.15, 0.2) is 18.2 Å². The molecule has 0 aliphatic rings. The lowest BCUT2D eigenvalue weighted by molar-refractivity contribution is -0.121. The number of benzene rings is 1. The number of carbonyl (C=O) groups excluding carboxylic acids is 1. The number of nitrogens with one attached hydrogen (secondary N) is 1. The molecule has 0 saturated carbocycles. The Hall–Kier alpha value is -1.62. The van der Waals surface area contributed by atoms with E-state index in [-0.39, 0.29) is 18.3 Å². The number of likely N-dealkylation sites (N-methyl/N-ethyl adjacent to an activating group) is 2. The molecule has 0 aromatic heterocycles.